The van der Waals surface area contributed by atoms with E-state index in [1.165, 1.54) is 0 Å². The van der Waals surface area contributed by atoms with Crippen molar-refractivity contribution in [3.05, 3.63) is 48.4 Å². The third-order valence-corrected chi connectivity index (χ3v) is 2.79. The highest BCUT2D eigenvalue weighted by atomic mass is 16.3. The Hall–Kier alpha value is -1.65. The molecule has 19 heavy (non-hydrogen) atoms. The number of rotatable bonds is 4. The molecule has 0 amide bonds. The lowest BCUT2D eigenvalue weighted by Crippen LogP contribution is -2.38. The third-order valence-electron chi connectivity index (χ3n) is 2.79. The van der Waals surface area contributed by atoms with Crippen LogP contribution in [0.4, 0.5) is 0 Å². The number of aliphatic hydroxyl groups is 1. The summed E-state index contributed by atoms with van der Waals surface area (Å²) in [7, 11) is 0. The summed E-state index contributed by atoms with van der Waals surface area (Å²) >= 11 is 0. The number of hydrogen-bond donors (Lipinski definition) is 2. The second-order valence-electron chi connectivity index (χ2n) is 5.66. The van der Waals surface area contributed by atoms with Crippen molar-refractivity contribution in [2.45, 2.75) is 32.4 Å². The summed E-state index contributed by atoms with van der Waals surface area (Å²) in [6, 6.07) is 9.59. The van der Waals surface area contributed by atoms with Crippen LogP contribution in [0.15, 0.2) is 42.7 Å². The molecular formula is C15H21N3O. The molecule has 1 atom stereocenters. The van der Waals surface area contributed by atoms with Crippen molar-refractivity contribution >= 4 is 0 Å². The van der Waals surface area contributed by atoms with Crippen LogP contribution < -0.4 is 5.32 Å². The van der Waals surface area contributed by atoms with E-state index in [0.29, 0.717) is 12.2 Å². The summed E-state index contributed by atoms with van der Waals surface area (Å²) in [5, 5.41) is 13.4. The van der Waals surface area contributed by atoms with Gasteiger partial charge in [-0.3, -0.25) is 0 Å². The summed E-state index contributed by atoms with van der Waals surface area (Å²) in [5.41, 5.74) is 0.668. The summed E-state index contributed by atoms with van der Waals surface area (Å²) in [5.74, 6) is 0.817. The van der Waals surface area contributed by atoms with Gasteiger partial charge in [-0.1, -0.05) is 6.07 Å². The molecule has 0 saturated carbocycles. The van der Waals surface area contributed by atoms with E-state index in [9.17, 15) is 5.11 Å². The van der Waals surface area contributed by atoms with E-state index in [-0.39, 0.29) is 5.54 Å². The van der Waals surface area contributed by atoms with Gasteiger partial charge < -0.3 is 15.0 Å². The van der Waals surface area contributed by atoms with Gasteiger partial charge in [-0.25, -0.2) is 4.98 Å². The van der Waals surface area contributed by atoms with E-state index in [4.69, 9.17) is 0 Å². The van der Waals surface area contributed by atoms with E-state index >= 15 is 0 Å². The first-order chi connectivity index (χ1) is 8.96. The molecule has 0 aromatic carbocycles. The maximum atomic E-state index is 10.2. The van der Waals surface area contributed by atoms with Crippen LogP contribution in [0.2, 0.25) is 0 Å². The van der Waals surface area contributed by atoms with Crippen molar-refractivity contribution in [1.29, 1.82) is 0 Å². The van der Waals surface area contributed by atoms with Gasteiger partial charge in [-0.2, -0.15) is 0 Å². The quantitative estimate of drug-likeness (QED) is 0.885. The van der Waals surface area contributed by atoms with E-state index in [2.05, 4.69) is 31.1 Å². The number of hydrogen-bond acceptors (Lipinski definition) is 3. The van der Waals surface area contributed by atoms with Gasteiger partial charge in [-0.05, 0) is 45.0 Å². The predicted octanol–water partition coefficient (Wildman–Crippen LogP) is 2.29. The normalized spacial score (nSPS) is 13.5. The average Bonchev–Trinajstić information content (AvgIpc) is 2.89. The molecule has 4 nitrogen and oxygen atoms in total. The molecule has 2 N–H and O–H groups in total. The van der Waals surface area contributed by atoms with Crippen molar-refractivity contribution in [1.82, 2.24) is 14.9 Å². The van der Waals surface area contributed by atoms with Gasteiger partial charge in [0.2, 0.25) is 0 Å². The maximum absolute atomic E-state index is 10.2. The summed E-state index contributed by atoms with van der Waals surface area (Å²) in [6.45, 7) is 6.71. The molecule has 0 unspecified atom stereocenters. The number of β-amino-alcohol motifs (C(OH)–C–C–N with tert-alkyl or cyclic N) is 1. The number of aromatic nitrogens is 2. The number of aliphatic hydroxyl groups excluding tert-OH is 1. The van der Waals surface area contributed by atoms with Gasteiger partial charge in [0.15, 0.2) is 0 Å². The minimum Gasteiger partial charge on any atom is -0.385 e. The second-order valence-corrected chi connectivity index (χ2v) is 5.66. The lowest BCUT2D eigenvalue weighted by atomic mass is 10.1. The Balaban J connectivity index is 2.10. The Kier molecular flexibility index (Phi) is 4.02. The van der Waals surface area contributed by atoms with Crippen LogP contribution in [0.5, 0.6) is 0 Å². The number of nitrogens with zero attached hydrogens (tertiary/aromatic N) is 2. The molecule has 4 heteroatoms. The molecule has 2 aromatic rings. The molecular weight excluding hydrogens is 238 g/mol. The largest absolute Gasteiger partial charge is 0.385 e. The van der Waals surface area contributed by atoms with E-state index < -0.39 is 6.10 Å². The van der Waals surface area contributed by atoms with Gasteiger partial charge >= 0.3 is 0 Å². The summed E-state index contributed by atoms with van der Waals surface area (Å²) in [4.78, 5) is 4.49. The highest BCUT2D eigenvalue weighted by molar-refractivity contribution is 5.26. The minimum atomic E-state index is -0.602. The zero-order valence-corrected chi connectivity index (χ0v) is 11.7. The Bertz CT molecular complexity index is 514. The van der Waals surface area contributed by atoms with Gasteiger partial charge in [-0.15, -0.1) is 0 Å². The molecule has 2 rings (SSSR count). The molecule has 0 aliphatic carbocycles. The van der Waals surface area contributed by atoms with Crippen molar-refractivity contribution in [2.24, 2.45) is 0 Å². The minimum absolute atomic E-state index is 0.0149. The second kappa shape index (κ2) is 5.55. The molecule has 0 spiro atoms. The SMILES string of the molecule is CC(C)(C)NC[C@H](O)c1cccc(-n2cccc2)n1. The highest BCUT2D eigenvalue weighted by Gasteiger charge is 2.14. The van der Waals surface area contributed by atoms with E-state index in [1.54, 1.807) is 0 Å². The Morgan fingerprint density at radius 3 is 2.53 bits per heavy atom. The molecule has 0 saturated heterocycles. The first kappa shape index (κ1) is 13.8. The van der Waals surface area contributed by atoms with Crippen molar-refractivity contribution < 1.29 is 5.11 Å². The Labute approximate surface area is 114 Å². The summed E-state index contributed by atoms with van der Waals surface area (Å²) < 4.78 is 1.92. The smallest absolute Gasteiger partial charge is 0.136 e. The highest BCUT2D eigenvalue weighted by Crippen LogP contribution is 2.13. The molecule has 2 heterocycles. The van der Waals surface area contributed by atoms with Crippen LogP contribution in [-0.2, 0) is 0 Å². The van der Waals surface area contributed by atoms with Crippen molar-refractivity contribution in [3.8, 4) is 5.82 Å². The Morgan fingerprint density at radius 2 is 1.89 bits per heavy atom. The van der Waals surface area contributed by atoms with Crippen molar-refractivity contribution in [3.63, 3.8) is 0 Å². The van der Waals surface area contributed by atoms with Crippen LogP contribution in [-0.4, -0.2) is 26.7 Å². The van der Waals surface area contributed by atoms with Crippen LogP contribution in [0.1, 0.15) is 32.6 Å². The zero-order valence-electron chi connectivity index (χ0n) is 11.7. The fraction of sp³-hybridized carbons (Fsp3) is 0.400. The topological polar surface area (TPSA) is 50.1 Å². The molecule has 102 valence electrons. The maximum Gasteiger partial charge on any atom is 0.136 e. The monoisotopic (exact) mass is 259 g/mol. The third kappa shape index (κ3) is 3.91. The molecule has 0 aliphatic heterocycles. The Morgan fingerprint density at radius 1 is 1.21 bits per heavy atom. The van der Waals surface area contributed by atoms with Gasteiger partial charge in [0.05, 0.1) is 5.69 Å². The lowest BCUT2D eigenvalue weighted by Gasteiger charge is -2.22. The number of nitrogens with one attached hydrogen (secondary N) is 1. The molecule has 2 aromatic heterocycles. The lowest BCUT2D eigenvalue weighted by molar-refractivity contribution is 0.159. The van der Waals surface area contributed by atoms with Crippen LogP contribution in [0.3, 0.4) is 0 Å². The molecule has 0 bridgehead atoms. The zero-order chi connectivity index (χ0) is 13.9. The first-order valence-corrected chi connectivity index (χ1v) is 6.49. The van der Waals surface area contributed by atoms with Gasteiger partial charge in [0.25, 0.3) is 0 Å². The average molecular weight is 259 g/mol. The first-order valence-electron chi connectivity index (χ1n) is 6.49. The molecule has 0 fully saturated rings. The van der Waals surface area contributed by atoms with Crippen molar-refractivity contribution in [2.75, 3.05) is 6.54 Å². The molecule has 0 aliphatic rings. The standard InChI is InChI=1S/C15H21N3O/c1-15(2,3)16-11-13(19)12-7-6-8-14(17-12)18-9-4-5-10-18/h4-10,13,16,19H,11H2,1-3H3/t13-/m0/s1. The van der Waals surface area contributed by atoms with Crippen LogP contribution in [0.25, 0.3) is 5.82 Å². The predicted molar refractivity (Wildman–Crippen MR) is 76.3 cm³/mol. The number of pyridine rings is 1. The van der Waals surface area contributed by atoms with E-state index in [0.717, 1.165) is 5.82 Å². The van der Waals surface area contributed by atoms with E-state index in [1.807, 2.05) is 47.3 Å². The van der Waals surface area contributed by atoms with Gasteiger partial charge in [0, 0.05) is 24.5 Å². The van der Waals surface area contributed by atoms with Crippen LogP contribution in [0, 0.1) is 0 Å². The fourth-order valence-corrected chi connectivity index (χ4v) is 1.76. The summed E-state index contributed by atoms with van der Waals surface area (Å²) in [6.07, 6.45) is 3.27. The van der Waals surface area contributed by atoms with Gasteiger partial charge in [0.1, 0.15) is 11.9 Å². The fourth-order valence-electron chi connectivity index (χ4n) is 1.76. The molecule has 0 radical (unpaired) electrons. The van der Waals surface area contributed by atoms with Crippen LogP contribution >= 0.6 is 0 Å².